The van der Waals surface area contributed by atoms with Gasteiger partial charge in [0.2, 0.25) is 0 Å². The highest BCUT2D eigenvalue weighted by atomic mass is 32.2. The lowest BCUT2D eigenvalue weighted by Gasteiger charge is -2.29. The number of nitrogens with two attached hydrogens (primary N) is 1. The maximum atomic E-state index is 10.1. The van der Waals surface area contributed by atoms with Crippen LogP contribution in [-0.2, 0) is 0 Å². The Kier molecular flexibility index (Phi) is 5.51. The van der Waals surface area contributed by atoms with E-state index in [4.69, 9.17) is 5.73 Å². The Labute approximate surface area is 119 Å². The third-order valence-corrected chi connectivity index (χ3v) is 4.51. The van der Waals surface area contributed by atoms with Crippen LogP contribution in [0.2, 0.25) is 0 Å². The van der Waals surface area contributed by atoms with E-state index in [9.17, 15) is 5.11 Å². The molecule has 0 aromatic heterocycles. The molecule has 1 aliphatic rings. The number of nitrogen functional groups attached to an aromatic ring is 1. The van der Waals surface area contributed by atoms with Gasteiger partial charge in [0, 0.05) is 49.1 Å². The van der Waals surface area contributed by atoms with Gasteiger partial charge in [-0.15, -0.1) is 11.8 Å². The van der Waals surface area contributed by atoms with Crippen LogP contribution < -0.4 is 11.1 Å². The SMILES string of the molecule is Cc1ccc(SCC(O)CN2CCNCC2)c(N)c1. The molecule has 2 rings (SSSR count). The number of aryl methyl sites for hydroxylation is 1. The standard InChI is InChI=1S/C14H23N3OS/c1-11-2-3-14(13(15)8-11)19-10-12(18)9-17-6-4-16-5-7-17/h2-3,8,12,16,18H,4-7,9-10,15H2,1H3. The minimum absolute atomic E-state index is 0.302. The molecule has 0 spiro atoms. The van der Waals surface area contributed by atoms with E-state index >= 15 is 0 Å². The fourth-order valence-corrected chi connectivity index (χ4v) is 3.10. The molecule has 4 nitrogen and oxygen atoms in total. The fraction of sp³-hybridized carbons (Fsp3) is 0.571. The summed E-state index contributed by atoms with van der Waals surface area (Å²) in [6.45, 7) is 6.86. The molecule has 1 aromatic carbocycles. The Bertz CT molecular complexity index is 408. The zero-order valence-corrected chi connectivity index (χ0v) is 12.2. The van der Waals surface area contributed by atoms with E-state index in [1.54, 1.807) is 11.8 Å². The fourth-order valence-electron chi connectivity index (χ4n) is 2.23. The summed E-state index contributed by atoms with van der Waals surface area (Å²) in [6, 6.07) is 6.07. The van der Waals surface area contributed by atoms with Crippen molar-refractivity contribution in [2.24, 2.45) is 0 Å². The Morgan fingerprint density at radius 3 is 2.84 bits per heavy atom. The number of nitrogens with one attached hydrogen (secondary N) is 1. The van der Waals surface area contributed by atoms with E-state index < -0.39 is 0 Å². The molecule has 106 valence electrons. The second kappa shape index (κ2) is 7.14. The Morgan fingerprint density at radius 2 is 2.16 bits per heavy atom. The minimum atomic E-state index is -0.302. The second-order valence-corrected chi connectivity index (χ2v) is 6.12. The molecule has 0 radical (unpaired) electrons. The second-order valence-electron chi connectivity index (χ2n) is 5.06. The number of hydrogen-bond donors (Lipinski definition) is 3. The lowest BCUT2D eigenvalue weighted by atomic mass is 10.2. The van der Waals surface area contributed by atoms with Crippen LogP contribution >= 0.6 is 11.8 Å². The maximum Gasteiger partial charge on any atom is 0.0760 e. The van der Waals surface area contributed by atoms with Gasteiger partial charge in [-0.05, 0) is 24.6 Å². The summed E-state index contributed by atoms with van der Waals surface area (Å²) in [6.07, 6.45) is -0.302. The van der Waals surface area contributed by atoms with E-state index in [1.165, 1.54) is 5.56 Å². The van der Waals surface area contributed by atoms with Crippen molar-refractivity contribution in [1.82, 2.24) is 10.2 Å². The van der Waals surface area contributed by atoms with Gasteiger partial charge in [-0.2, -0.15) is 0 Å². The first-order valence-electron chi connectivity index (χ1n) is 6.75. The van der Waals surface area contributed by atoms with Crippen LogP contribution in [0.5, 0.6) is 0 Å². The summed E-state index contributed by atoms with van der Waals surface area (Å²) in [7, 11) is 0. The van der Waals surface area contributed by atoms with Gasteiger partial charge in [-0.3, -0.25) is 4.90 Å². The average molecular weight is 281 g/mol. The smallest absolute Gasteiger partial charge is 0.0760 e. The van der Waals surface area contributed by atoms with Crippen molar-refractivity contribution in [3.05, 3.63) is 23.8 Å². The third-order valence-electron chi connectivity index (χ3n) is 3.28. The first-order chi connectivity index (χ1) is 9.15. The van der Waals surface area contributed by atoms with Gasteiger partial charge >= 0.3 is 0 Å². The molecule has 1 unspecified atom stereocenters. The average Bonchev–Trinajstić information content (AvgIpc) is 2.39. The molecule has 1 saturated heterocycles. The van der Waals surface area contributed by atoms with Gasteiger partial charge in [-0.1, -0.05) is 6.07 Å². The number of rotatable bonds is 5. The van der Waals surface area contributed by atoms with Crippen molar-refractivity contribution in [2.75, 3.05) is 44.2 Å². The van der Waals surface area contributed by atoms with E-state index in [1.807, 2.05) is 19.1 Å². The third kappa shape index (κ3) is 4.69. The molecule has 1 fully saturated rings. The molecule has 4 N–H and O–H groups in total. The number of piperazine rings is 1. The summed E-state index contributed by atoms with van der Waals surface area (Å²) in [5.74, 6) is 0.692. The van der Waals surface area contributed by atoms with Crippen LogP contribution in [-0.4, -0.2) is 54.6 Å². The molecular weight excluding hydrogens is 258 g/mol. The number of anilines is 1. The van der Waals surface area contributed by atoms with Crippen molar-refractivity contribution < 1.29 is 5.11 Å². The van der Waals surface area contributed by atoms with E-state index in [-0.39, 0.29) is 6.10 Å². The van der Waals surface area contributed by atoms with Gasteiger partial charge in [0.1, 0.15) is 0 Å². The molecule has 0 aliphatic carbocycles. The summed E-state index contributed by atoms with van der Waals surface area (Å²) in [5, 5.41) is 13.4. The Morgan fingerprint density at radius 1 is 1.42 bits per heavy atom. The molecule has 5 heteroatoms. The molecular formula is C14H23N3OS. The topological polar surface area (TPSA) is 61.5 Å². The predicted molar refractivity (Wildman–Crippen MR) is 81.6 cm³/mol. The van der Waals surface area contributed by atoms with Gasteiger partial charge in [0.25, 0.3) is 0 Å². The Balaban J connectivity index is 1.77. The van der Waals surface area contributed by atoms with Crippen molar-refractivity contribution in [3.63, 3.8) is 0 Å². The summed E-state index contributed by atoms with van der Waals surface area (Å²) >= 11 is 1.64. The van der Waals surface area contributed by atoms with Crippen LogP contribution in [0.3, 0.4) is 0 Å². The number of β-amino-alcohol motifs (C(OH)–C–C–N with tert-alkyl or cyclic N) is 1. The zero-order valence-electron chi connectivity index (χ0n) is 11.4. The number of benzene rings is 1. The van der Waals surface area contributed by atoms with Gasteiger partial charge < -0.3 is 16.2 Å². The van der Waals surface area contributed by atoms with Crippen LogP contribution in [0.1, 0.15) is 5.56 Å². The minimum Gasteiger partial charge on any atom is -0.398 e. The zero-order chi connectivity index (χ0) is 13.7. The van der Waals surface area contributed by atoms with E-state index in [2.05, 4.69) is 16.3 Å². The highest BCUT2D eigenvalue weighted by Crippen LogP contribution is 2.26. The highest BCUT2D eigenvalue weighted by Gasteiger charge is 2.14. The summed E-state index contributed by atoms with van der Waals surface area (Å²) in [5.41, 5.74) is 7.95. The van der Waals surface area contributed by atoms with E-state index in [0.29, 0.717) is 5.75 Å². The van der Waals surface area contributed by atoms with Crippen molar-refractivity contribution >= 4 is 17.4 Å². The highest BCUT2D eigenvalue weighted by molar-refractivity contribution is 7.99. The molecule has 0 amide bonds. The first kappa shape index (κ1) is 14.7. The number of nitrogens with zero attached hydrogens (tertiary/aromatic N) is 1. The van der Waals surface area contributed by atoms with Crippen LogP contribution in [0.4, 0.5) is 5.69 Å². The first-order valence-corrected chi connectivity index (χ1v) is 7.74. The van der Waals surface area contributed by atoms with Crippen molar-refractivity contribution in [1.29, 1.82) is 0 Å². The Hall–Kier alpha value is -0.750. The lowest BCUT2D eigenvalue weighted by molar-refractivity contribution is 0.121. The van der Waals surface area contributed by atoms with E-state index in [0.717, 1.165) is 43.3 Å². The van der Waals surface area contributed by atoms with Crippen LogP contribution in [0.25, 0.3) is 0 Å². The maximum absolute atomic E-state index is 10.1. The lowest BCUT2D eigenvalue weighted by Crippen LogP contribution is -2.46. The van der Waals surface area contributed by atoms with Gasteiger partial charge in [0.15, 0.2) is 0 Å². The monoisotopic (exact) mass is 281 g/mol. The molecule has 0 bridgehead atoms. The largest absolute Gasteiger partial charge is 0.398 e. The number of aliphatic hydroxyl groups excluding tert-OH is 1. The molecule has 0 saturated carbocycles. The molecule has 1 heterocycles. The number of aliphatic hydroxyl groups is 1. The van der Waals surface area contributed by atoms with Gasteiger partial charge in [-0.25, -0.2) is 0 Å². The predicted octanol–water partition coefficient (Wildman–Crippen LogP) is 0.935. The normalized spacial score (nSPS) is 18.4. The number of thioether (sulfide) groups is 1. The van der Waals surface area contributed by atoms with Gasteiger partial charge in [0.05, 0.1) is 6.10 Å². The molecule has 1 atom stereocenters. The molecule has 1 aromatic rings. The summed E-state index contributed by atoms with van der Waals surface area (Å²) in [4.78, 5) is 3.37. The quantitative estimate of drug-likeness (QED) is 0.554. The molecule has 1 aliphatic heterocycles. The molecule has 19 heavy (non-hydrogen) atoms. The van der Waals surface area contributed by atoms with Crippen LogP contribution in [0.15, 0.2) is 23.1 Å². The number of hydrogen-bond acceptors (Lipinski definition) is 5. The van der Waals surface area contributed by atoms with Crippen molar-refractivity contribution in [2.45, 2.75) is 17.9 Å². The van der Waals surface area contributed by atoms with Crippen molar-refractivity contribution in [3.8, 4) is 0 Å². The van der Waals surface area contributed by atoms with Crippen LogP contribution in [0, 0.1) is 6.92 Å². The summed E-state index contributed by atoms with van der Waals surface area (Å²) < 4.78 is 0.